The Morgan fingerprint density at radius 1 is 1.00 bits per heavy atom. The van der Waals surface area contributed by atoms with E-state index in [1.807, 2.05) is 19.1 Å². The van der Waals surface area contributed by atoms with Crippen molar-refractivity contribution in [3.05, 3.63) is 59.2 Å². The van der Waals surface area contributed by atoms with E-state index in [0.717, 1.165) is 5.56 Å². The first-order valence-corrected chi connectivity index (χ1v) is 5.34. The van der Waals surface area contributed by atoms with E-state index in [1.54, 1.807) is 30.3 Å². The number of ketones is 1. The summed E-state index contributed by atoms with van der Waals surface area (Å²) in [5.74, 6) is -0.102. The molecule has 0 unspecified atom stereocenters. The molecule has 3 heteroatoms. The van der Waals surface area contributed by atoms with Crippen LogP contribution in [-0.2, 0) is 0 Å². The molecular formula is C14H14N2O. The topological polar surface area (TPSA) is 69.1 Å². The summed E-state index contributed by atoms with van der Waals surface area (Å²) in [5, 5.41) is 0. The van der Waals surface area contributed by atoms with Gasteiger partial charge in [-0.1, -0.05) is 29.8 Å². The molecule has 2 rings (SSSR count). The molecule has 0 aromatic heterocycles. The van der Waals surface area contributed by atoms with Crippen LogP contribution >= 0.6 is 0 Å². The number of hydrogen-bond acceptors (Lipinski definition) is 3. The fraction of sp³-hybridized carbons (Fsp3) is 0.0714. The van der Waals surface area contributed by atoms with Crippen LogP contribution in [0.1, 0.15) is 21.5 Å². The number of benzene rings is 2. The van der Waals surface area contributed by atoms with Gasteiger partial charge < -0.3 is 11.5 Å². The molecule has 0 aliphatic rings. The normalized spacial score (nSPS) is 10.2. The number of rotatable bonds is 2. The first-order valence-electron chi connectivity index (χ1n) is 5.34. The second-order valence-corrected chi connectivity index (χ2v) is 4.04. The van der Waals surface area contributed by atoms with Crippen molar-refractivity contribution < 1.29 is 4.79 Å². The summed E-state index contributed by atoms with van der Waals surface area (Å²) in [6, 6.07) is 12.3. The number of anilines is 2. The highest BCUT2D eigenvalue weighted by atomic mass is 16.1. The number of nitrogens with two attached hydrogens (primary N) is 2. The summed E-state index contributed by atoms with van der Waals surface area (Å²) in [6.45, 7) is 1.98. The zero-order valence-electron chi connectivity index (χ0n) is 9.60. The van der Waals surface area contributed by atoms with Crippen LogP contribution in [0.2, 0.25) is 0 Å². The van der Waals surface area contributed by atoms with Crippen molar-refractivity contribution in [2.75, 3.05) is 11.5 Å². The minimum Gasteiger partial charge on any atom is -0.399 e. The van der Waals surface area contributed by atoms with Crippen molar-refractivity contribution in [1.82, 2.24) is 0 Å². The van der Waals surface area contributed by atoms with Crippen molar-refractivity contribution in [1.29, 1.82) is 0 Å². The van der Waals surface area contributed by atoms with Gasteiger partial charge in [-0.2, -0.15) is 0 Å². The number of hydrogen-bond donors (Lipinski definition) is 2. The summed E-state index contributed by atoms with van der Waals surface area (Å²) < 4.78 is 0. The Hall–Kier alpha value is -2.29. The molecule has 0 aliphatic heterocycles. The smallest absolute Gasteiger partial charge is 0.195 e. The molecule has 4 N–H and O–H groups in total. The summed E-state index contributed by atoms with van der Waals surface area (Å²) >= 11 is 0. The number of aryl methyl sites for hydroxylation is 1. The molecule has 0 fully saturated rings. The van der Waals surface area contributed by atoms with Gasteiger partial charge in [-0.15, -0.1) is 0 Å². The van der Waals surface area contributed by atoms with Gasteiger partial charge in [-0.3, -0.25) is 4.79 Å². The van der Waals surface area contributed by atoms with Gasteiger partial charge in [-0.05, 0) is 25.1 Å². The molecular weight excluding hydrogens is 212 g/mol. The van der Waals surface area contributed by atoms with Crippen molar-refractivity contribution in [2.24, 2.45) is 0 Å². The van der Waals surface area contributed by atoms with E-state index in [0.29, 0.717) is 22.5 Å². The van der Waals surface area contributed by atoms with Crippen LogP contribution in [0.5, 0.6) is 0 Å². The molecule has 0 heterocycles. The number of carbonyl (C=O) groups excluding carboxylic acids is 1. The van der Waals surface area contributed by atoms with E-state index >= 15 is 0 Å². The summed E-state index contributed by atoms with van der Waals surface area (Å²) in [5.41, 5.74) is 14.6. The lowest BCUT2D eigenvalue weighted by Gasteiger charge is -2.06. The molecule has 2 aromatic carbocycles. The summed E-state index contributed by atoms with van der Waals surface area (Å²) in [4.78, 5) is 12.2. The van der Waals surface area contributed by atoms with Crippen LogP contribution in [0, 0.1) is 6.92 Å². The van der Waals surface area contributed by atoms with Crippen molar-refractivity contribution >= 4 is 17.2 Å². The average Bonchev–Trinajstić information content (AvgIpc) is 2.32. The van der Waals surface area contributed by atoms with Crippen LogP contribution < -0.4 is 11.5 Å². The molecule has 86 valence electrons. The molecule has 3 nitrogen and oxygen atoms in total. The Morgan fingerprint density at radius 3 is 2.29 bits per heavy atom. The molecule has 17 heavy (non-hydrogen) atoms. The highest BCUT2D eigenvalue weighted by Crippen LogP contribution is 2.19. The first kappa shape index (κ1) is 11.2. The SMILES string of the molecule is Cc1ccc(C(=O)c2cc(N)ccc2N)cc1. The Bertz CT molecular complexity index is 559. The van der Waals surface area contributed by atoms with Crippen LogP contribution in [0.25, 0.3) is 0 Å². The highest BCUT2D eigenvalue weighted by Gasteiger charge is 2.12. The second-order valence-electron chi connectivity index (χ2n) is 4.04. The fourth-order valence-electron chi connectivity index (χ4n) is 1.63. The molecule has 2 aromatic rings. The Morgan fingerprint density at radius 2 is 1.65 bits per heavy atom. The van der Waals surface area contributed by atoms with Gasteiger partial charge in [0.2, 0.25) is 0 Å². The Balaban J connectivity index is 2.43. The lowest BCUT2D eigenvalue weighted by molar-refractivity contribution is 0.103. The minimum absolute atomic E-state index is 0.102. The lowest BCUT2D eigenvalue weighted by atomic mass is 10.0. The first-order chi connectivity index (χ1) is 8.08. The Kier molecular flexibility index (Phi) is 2.83. The zero-order chi connectivity index (χ0) is 12.4. The van der Waals surface area contributed by atoms with E-state index < -0.39 is 0 Å². The molecule has 0 saturated heterocycles. The second kappa shape index (κ2) is 4.29. The predicted molar refractivity (Wildman–Crippen MR) is 69.9 cm³/mol. The molecule has 0 atom stereocenters. The molecule has 0 radical (unpaired) electrons. The quantitative estimate of drug-likeness (QED) is 0.610. The highest BCUT2D eigenvalue weighted by molar-refractivity contribution is 6.12. The predicted octanol–water partition coefficient (Wildman–Crippen LogP) is 2.39. The van der Waals surface area contributed by atoms with Gasteiger partial charge in [0, 0.05) is 22.5 Å². The molecule has 0 aliphatic carbocycles. The van der Waals surface area contributed by atoms with Crippen LogP contribution in [0.15, 0.2) is 42.5 Å². The van der Waals surface area contributed by atoms with Gasteiger partial charge in [0.05, 0.1) is 0 Å². The maximum absolute atomic E-state index is 12.2. The zero-order valence-corrected chi connectivity index (χ0v) is 9.60. The monoisotopic (exact) mass is 226 g/mol. The maximum atomic E-state index is 12.2. The van der Waals surface area contributed by atoms with Gasteiger partial charge >= 0.3 is 0 Å². The van der Waals surface area contributed by atoms with Crippen LogP contribution in [0.4, 0.5) is 11.4 Å². The van der Waals surface area contributed by atoms with Crippen LogP contribution in [-0.4, -0.2) is 5.78 Å². The van der Waals surface area contributed by atoms with E-state index in [-0.39, 0.29) is 5.78 Å². The number of nitrogen functional groups attached to an aromatic ring is 2. The van der Waals surface area contributed by atoms with Crippen molar-refractivity contribution in [3.63, 3.8) is 0 Å². The largest absolute Gasteiger partial charge is 0.399 e. The third-order valence-corrected chi connectivity index (χ3v) is 2.64. The van der Waals surface area contributed by atoms with E-state index in [2.05, 4.69) is 0 Å². The number of carbonyl (C=O) groups is 1. The average molecular weight is 226 g/mol. The lowest BCUT2D eigenvalue weighted by Crippen LogP contribution is -2.06. The minimum atomic E-state index is -0.102. The van der Waals surface area contributed by atoms with E-state index in [1.165, 1.54) is 0 Å². The summed E-state index contributed by atoms with van der Waals surface area (Å²) in [6.07, 6.45) is 0. The molecule has 0 spiro atoms. The third kappa shape index (κ3) is 2.28. The molecule has 0 amide bonds. The van der Waals surface area contributed by atoms with Crippen molar-refractivity contribution in [3.8, 4) is 0 Å². The van der Waals surface area contributed by atoms with Gasteiger partial charge in [0.25, 0.3) is 0 Å². The standard InChI is InChI=1S/C14H14N2O/c1-9-2-4-10(5-3-9)14(17)12-8-11(15)6-7-13(12)16/h2-8H,15-16H2,1H3. The molecule has 0 bridgehead atoms. The summed E-state index contributed by atoms with van der Waals surface area (Å²) in [7, 11) is 0. The van der Waals surface area contributed by atoms with Crippen LogP contribution in [0.3, 0.4) is 0 Å². The Labute approximate surface area is 100 Å². The maximum Gasteiger partial charge on any atom is 0.195 e. The van der Waals surface area contributed by atoms with Gasteiger partial charge in [0.15, 0.2) is 5.78 Å². The molecule has 0 saturated carbocycles. The van der Waals surface area contributed by atoms with Gasteiger partial charge in [-0.25, -0.2) is 0 Å². The van der Waals surface area contributed by atoms with Gasteiger partial charge in [0.1, 0.15) is 0 Å². The van der Waals surface area contributed by atoms with E-state index in [9.17, 15) is 4.79 Å². The van der Waals surface area contributed by atoms with Crippen molar-refractivity contribution in [2.45, 2.75) is 6.92 Å². The third-order valence-electron chi connectivity index (χ3n) is 2.64. The van der Waals surface area contributed by atoms with E-state index in [4.69, 9.17) is 11.5 Å². The fourth-order valence-corrected chi connectivity index (χ4v) is 1.63.